The maximum Gasteiger partial charge on any atom is 0.366 e. The molecule has 6 heteroatoms. The van der Waals surface area contributed by atoms with Crippen LogP contribution in [0.3, 0.4) is 0 Å². The lowest BCUT2D eigenvalue weighted by Gasteiger charge is -2.20. The van der Waals surface area contributed by atoms with E-state index in [9.17, 15) is 4.79 Å². The highest BCUT2D eigenvalue weighted by molar-refractivity contribution is 8.93. The molecule has 3 rings (SSSR count). The Morgan fingerprint density at radius 2 is 1.19 bits per heavy atom. The van der Waals surface area contributed by atoms with E-state index in [1.54, 1.807) is 24.3 Å². The van der Waals surface area contributed by atoms with E-state index in [2.05, 4.69) is 0 Å². The van der Waals surface area contributed by atoms with Crippen LogP contribution >= 0.6 is 25.4 Å². The number of carbonyl (C=O) groups is 1. The molecule has 0 fully saturated rings. The molecule has 0 aliphatic carbocycles. The zero-order valence-corrected chi connectivity index (χ0v) is 17.2. The van der Waals surface area contributed by atoms with Crippen LogP contribution in [0, 0.1) is 0 Å². The number of benzene rings is 3. The van der Waals surface area contributed by atoms with E-state index in [1.165, 1.54) is 0 Å². The van der Waals surface area contributed by atoms with Gasteiger partial charge in [-0.25, -0.2) is 0 Å². The van der Waals surface area contributed by atoms with Gasteiger partial charge in [-0.3, -0.25) is 4.79 Å². The van der Waals surface area contributed by atoms with Gasteiger partial charge in [0.05, 0.1) is 6.04 Å². The second kappa shape index (κ2) is 10.8. The molecule has 0 aliphatic heterocycles. The van der Waals surface area contributed by atoms with Gasteiger partial charge >= 0.3 is 8.38 Å². The van der Waals surface area contributed by atoms with E-state index in [4.69, 9.17) is 14.8 Å². The van der Waals surface area contributed by atoms with Crippen LogP contribution in [-0.4, -0.2) is 11.6 Å². The quantitative estimate of drug-likeness (QED) is 0.488. The van der Waals surface area contributed by atoms with Crippen molar-refractivity contribution in [1.29, 1.82) is 0 Å². The summed E-state index contributed by atoms with van der Waals surface area (Å²) >= 11 is 0. The molecule has 0 amide bonds. The first kappa shape index (κ1) is 21.1. The number of rotatable bonds is 8. The summed E-state index contributed by atoms with van der Waals surface area (Å²) in [6.07, 6.45) is 0.439. The van der Waals surface area contributed by atoms with E-state index < -0.39 is 14.4 Å². The van der Waals surface area contributed by atoms with Crippen molar-refractivity contribution in [2.75, 3.05) is 0 Å². The van der Waals surface area contributed by atoms with Crippen LogP contribution < -0.4 is 14.8 Å². The Bertz CT molecular complexity index is 777. The predicted molar refractivity (Wildman–Crippen MR) is 115 cm³/mol. The molecular formula is C21H21BrNO3P. The number of para-hydroxylation sites is 2. The van der Waals surface area contributed by atoms with Crippen LogP contribution in [0.2, 0.25) is 0 Å². The lowest BCUT2D eigenvalue weighted by atomic mass is 10.1. The Labute approximate surface area is 171 Å². The number of carbonyl (C=O) groups excluding carboxylic acids is 1. The average Bonchev–Trinajstić information content (AvgIpc) is 2.69. The van der Waals surface area contributed by atoms with Gasteiger partial charge in [0.15, 0.2) is 0 Å². The molecule has 0 saturated heterocycles. The van der Waals surface area contributed by atoms with Crippen molar-refractivity contribution in [2.24, 2.45) is 5.73 Å². The van der Waals surface area contributed by atoms with Gasteiger partial charge in [-0.2, -0.15) is 0 Å². The minimum atomic E-state index is -1.87. The molecule has 0 heterocycles. The van der Waals surface area contributed by atoms with E-state index in [0.29, 0.717) is 17.9 Å². The smallest absolute Gasteiger partial charge is 0.366 e. The Morgan fingerprint density at radius 1 is 0.778 bits per heavy atom. The van der Waals surface area contributed by atoms with Crippen LogP contribution in [0.25, 0.3) is 0 Å². The van der Waals surface area contributed by atoms with E-state index in [-0.39, 0.29) is 22.5 Å². The summed E-state index contributed by atoms with van der Waals surface area (Å²) in [5.41, 5.74) is 6.93. The maximum absolute atomic E-state index is 12.9. The molecule has 0 bridgehead atoms. The molecule has 0 radical (unpaired) electrons. The molecule has 140 valence electrons. The van der Waals surface area contributed by atoms with Crippen LogP contribution in [0.1, 0.15) is 5.56 Å². The van der Waals surface area contributed by atoms with Crippen molar-refractivity contribution >= 4 is 30.9 Å². The minimum absolute atomic E-state index is 0. The van der Waals surface area contributed by atoms with E-state index in [0.717, 1.165) is 5.56 Å². The minimum Gasteiger partial charge on any atom is -0.433 e. The molecule has 0 saturated carbocycles. The lowest BCUT2D eigenvalue weighted by molar-refractivity contribution is -0.113. The van der Waals surface area contributed by atoms with Crippen molar-refractivity contribution in [3.05, 3.63) is 96.6 Å². The lowest BCUT2D eigenvalue weighted by Crippen LogP contribution is -2.33. The number of nitrogens with two attached hydrogens (primary N) is 1. The summed E-state index contributed by atoms with van der Waals surface area (Å²) < 4.78 is 11.7. The Morgan fingerprint density at radius 3 is 1.63 bits per heavy atom. The fourth-order valence-corrected chi connectivity index (χ4v) is 3.56. The summed E-state index contributed by atoms with van der Waals surface area (Å²) in [6.45, 7) is 0. The summed E-state index contributed by atoms with van der Waals surface area (Å²) in [4.78, 5) is 12.9. The summed E-state index contributed by atoms with van der Waals surface area (Å²) in [5, 5.41) is 0. The third kappa shape index (κ3) is 6.47. The highest BCUT2D eigenvalue weighted by Gasteiger charge is 2.30. The Hall–Kier alpha value is -2.20. The van der Waals surface area contributed by atoms with Crippen molar-refractivity contribution < 1.29 is 13.8 Å². The second-order valence-corrected chi connectivity index (χ2v) is 7.02. The Balaban J connectivity index is 0.00000261. The Kier molecular flexibility index (Phi) is 8.46. The van der Waals surface area contributed by atoms with Crippen molar-refractivity contribution in [2.45, 2.75) is 12.5 Å². The fraction of sp³-hybridized carbons (Fsp3) is 0.0952. The number of halogens is 1. The normalized spacial score (nSPS) is 11.3. The predicted octanol–water partition coefficient (Wildman–Crippen LogP) is 5.13. The molecule has 0 spiro atoms. The molecule has 2 N–H and O–H groups in total. The monoisotopic (exact) mass is 445 g/mol. The molecule has 0 unspecified atom stereocenters. The van der Waals surface area contributed by atoms with Gasteiger partial charge in [-0.05, 0) is 36.2 Å². The summed E-state index contributed by atoms with van der Waals surface area (Å²) in [6, 6.07) is 27.3. The van der Waals surface area contributed by atoms with Crippen LogP contribution in [-0.2, 0) is 11.2 Å². The maximum atomic E-state index is 12.9. The van der Waals surface area contributed by atoms with Gasteiger partial charge in [0.1, 0.15) is 11.5 Å². The molecule has 3 aromatic rings. The summed E-state index contributed by atoms with van der Waals surface area (Å²) in [7, 11) is -1.87. The average molecular weight is 446 g/mol. The largest absolute Gasteiger partial charge is 0.433 e. The number of hydrogen-bond donors (Lipinski definition) is 1. The molecule has 0 aliphatic rings. The van der Waals surface area contributed by atoms with Crippen molar-refractivity contribution in [3.63, 3.8) is 0 Å². The van der Waals surface area contributed by atoms with Gasteiger partial charge in [0.25, 0.3) is 5.52 Å². The third-order valence-corrected chi connectivity index (χ3v) is 5.10. The first-order valence-corrected chi connectivity index (χ1v) is 9.49. The standard InChI is InChI=1S/C21H20NO3P.BrH/c22-20(16-17-10-4-1-5-11-17)21(23)26(24-18-12-6-2-7-13-18)25-19-14-8-3-9-15-19;/h1-15,20H,16,22H2;1H/t20-;/m0./s1. The van der Waals surface area contributed by atoms with E-state index in [1.807, 2.05) is 66.7 Å². The topological polar surface area (TPSA) is 61.6 Å². The van der Waals surface area contributed by atoms with Gasteiger partial charge in [-0.1, -0.05) is 66.7 Å². The zero-order valence-electron chi connectivity index (χ0n) is 14.6. The molecule has 27 heavy (non-hydrogen) atoms. The van der Waals surface area contributed by atoms with Crippen LogP contribution in [0.15, 0.2) is 91.0 Å². The van der Waals surface area contributed by atoms with Crippen molar-refractivity contribution in [1.82, 2.24) is 0 Å². The molecular weight excluding hydrogens is 425 g/mol. The molecule has 3 aromatic carbocycles. The fourth-order valence-electron chi connectivity index (χ4n) is 2.35. The zero-order chi connectivity index (χ0) is 18.2. The number of hydrogen-bond acceptors (Lipinski definition) is 4. The van der Waals surface area contributed by atoms with Crippen LogP contribution in [0.5, 0.6) is 11.5 Å². The van der Waals surface area contributed by atoms with Crippen LogP contribution in [0.4, 0.5) is 0 Å². The molecule has 4 nitrogen and oxygen atoms in total. The van der Waals surface area contributed by atoms with Crippen molar-refractivity contribution in [3.8, 4) is 11.5 Å². The third-order valence-electron chi connectivity index (χ3n) is 3.66. The molecule has 1 atom stereocenters. The first-order valence-electron chi connectivity index (χ1n) is 8.32. The first-order chi connectivity index (χ1) is 12.7. The highest BCUT2D eigenvalue weighted by Crippen LogP contribution is 2.42. The second-order valence-electron chi connectivity index (χ2n) is 5.70. The van der Waals surface area contributed by atoms with Gasteiger partial charge in [0.2, 0.25) is 0 Å². The van der Waals surface area contributed by atoms with Gasteiger partial charge in [-0.15, -0.1) is 17.0 Å². The summed E-state index contributed by atoms with van der Waals surface area (Å²) in [5.74, 6) is 1.16. The highest BCUT2D eigenvalue weighted by atomic mass is 79.9. The SMILES string of the molecule is Br.N[C@@H](Cc1ccccc1)C(=O)P(Oc1ccccc1)Oc1ccccc1. The molecule has 0 aromatic heterocycles. The van der Waals surface area contributed by atoms with E-state index >= 15 is 0 Å². The van der Waals surface area contributed by atoms with Gasteiger partial charge < -0.3 is 14.8 Å². The van der Waals surface area contributed by atoms with Gasteiger partial charge in [0, 0.05) is 0 Å².